The molecule has 5 heterocycles. The Labute approximate surface area is 303 Å². The molecule has 0 radical (unpaired) electrons. The number of nitrogens with one attached hydrogen (secondary N) is 2. The first-order chi connectivity index (χ1) is 25.8. The standard InChI is InChI=1S/C40H40F2N8O3/c41-29-10-15-36-46-35(25-48(36)24-29)38(51)45-31-11-13-32(14-12-31)50-39(52)34-22-30(42)23-44-37(34)49(40(50)53)33-5-1-4-28(21-33)27-8-6-26(7-9-27)3-2-18-47-19-16-43-17-20-47/h1,4-10,15,21-25,31-32,43H,2-3,11-14,16-20H2,(H,45,51)/t31-,32+. The van der Waals surface area contributed by atoms with Crippen molar-refractivity contribution in [1.29, 1.82) is 0 Å². The van der Waals surface area contributed by atoms with Gasteiger partial charge in [-0.05, 0) is 92.1 Å². The predicted octanol–water partition coefficient (Wildman–Crippen LogP) is 4.89. The second kappa shape index (κ2) is 14.8. The molecule has 272 valence electrons. The quantitative estimate of drug-likeness (QED) is 0.219. The van der Waals surface area contributed by atoms with Crippen LogP contribution in [0.3, 0.4) is 0 Å². The van der Waals surface area contributed by atoms with E-state index in [1.54, 1.807) is 6.07 Å². The van der Waals surface area contributed by atoms with Crippen molar-refractivity contribution >= 4 is 22.6 Å². The highest BCUT2D eigenvalue weighted by Gasteiger charge is 2.29. The van der Waals surface area contributed by atoms with E-state index >= 15 is 0 Å². The number of amides is 1. The smallest absolute Gasteiger partial charge is 0.337 e. The molecule has 1 saturated carbocycles. The van der Waals surface area contributed by atoms with E-state index < -0.39 is 28.9 Å². The van der Waals surface area contributed by atoms with E-state index in [4.69, 9.17) is 0 Å². The molecule has 1 saturated heterocycles. The molecular weight excluding hydrogens is 678 g/mol. The predicted molar refractivity (Wildman–Crippen MR) is 199 cm³/mol. The molecule has 2 aliphatic rings. The SMILES string of the molecule is O=C(N[C@H]1CC[C@@H](n2c(=O)c3cc(F)cnc3n(-c3cccc(-c4ccc(CCCN5CCNCC5)cc4)c3)c2=O)CC1)c1cn2cc(F)ccc2n1. The zero-order valence-corrected chi connectivity index (χ0v) is 29.2. The fourth-order valence-electron chi connectivity index (χ4n) is 7.68. The maximum atomic E-state index is 14.5. The number of halogens is 2. The molecule has 2 fully saturated rings. The third-order valence-electron chi connectivity index (χ3n) is 10.5. The summed E-state index contributed by atoms with van der Waals surface area (Å²) in [6.07, 6.45) is 7.72. The van der Waals surface area contributed by atoms with E-state index in [1.165, 1.54) is 43.6 Å². The number of fused-ring (bicyclic) bond motifs is 2. The summed E-state index contributed by atoms with van der Waals surface area (Å²) >= 11 is 0. The molecule has 0 unspecified atom stereocenters. The lowest BCUT2D eigenvalue weighted by molar-refractivity contribution is 0.0917. The summed E-state index contributed by atoms with van der Waals surface area (Å²) in [7, 11) is 0. The minimum atomic E-state index is -0.672. The number of aryl methyl sites for hydroxylation is 1. The fraction of sp³-hybridized carbons (Fsp3) is 0.325. The van der Waals surface area contributed by atoms with Crippen LogP contribution in [-0.2, 0) is 6.42 Å². The van der Waals surface area contributed by atoms with Gasteiger partial charge in [-0.1, -0.05) is 36.4 Å². The van der Waals surface area contributed by atoms with Crippen LogP contribution in [0.5, 0.6) is 0 Å². The number of carbonyl (C=O) groups is 1. The first kappa shape index (κ1) is 34.6. The lowest BCUT2D eigenvalue weighted by Gasteiger charge is -2.30. The summed E-state index contributed by atoms with van der Waals surface area (Å²) in [5.41, 5.74) is 3.21. The van der Waals surface area contributed by atoms with Gasteiger partial charge in [0.25, 0.3) is 11.5 Å². The van der Waals surface area contributed by atoms with Crippen LogP contribution in [0.4, 0.5) is 8.78 Å². The summed E-state index contributed by atoms with van der Waals surface area (Å²) in [5.74, 6) is -1.49. The van der Waals surface area contributed by atoms with E-state index in [9.17, 15) is 23.2 Å². The first-order valence-corrected chi connectivity index (χ1v) is 18.2. The van der Waals surface area contributed by atoms with Gasteiger partial charge in [0, 0.05) is 50.7 Å². The van der Waals surface area contributed by atoms with Gasteiger partial charge >= 0.3 is 5.69 Å². The van der Waals surface area contributed by atoms with Crippen molar-refractivity contribution in [3.05, 3.63) is 129 Å². The van der Waals surface area contributed by atoms with E-state index in [2.05, 4.69) is 49.8 Å². The molecule has 13 heteroatoms. The Bertz CT molecular complexity index is 2410. The zero-order chi connectivity index (χ0) is 36.5. The third kappa shape index (κ3) is 7.26. The molecule has 0 atom stereocenters. The monoisotopic (exact) mass is 718 g/mol. The zero-order valence-electron chi connectivity index (χ0n) is 29.2. The Hall–Kier alpha value is -5.53. The molecule has 0 spiro atoms. The third-order valence-corrected chi connectivity index (χ3v) is 10.5. The second-order valence-corrected chi connectivity index (χ2v) is 14.0. The van der Waals surface area contributed by atoms with Gasteiger partial charge in [-0.15, -0.1) is 0 Å². The Morgan fingerprint density at radius 2 is 1.68 bits per heavy atom. The summed E-state index contributed by atoms with van der Waals surface area (Å²) in [6, 6.07) is 19.2. The van der Waals surface area contributed by atoms with Gasteiger partial charge in [0.15, 0.2) is 5.65 Å². The van der Waals surface area contributed by atoms with E-state index in [1.807, 2.05) is 18.2 Å². The molecule has 0 bridgehead atoms. The van der Waals surface area contributed by atoms with Crippen LogP contribution in [0.25, 0.3) is 33.5 Å². The van der Waals surface area contributed by atoms with E-state index in [0.717, 1.165) is 69.0 Å². The molecule has 1 aliphatic heterocycles. The van der Waals surface area contributed by atoms with Crippen LogP contribution in [-0.4, -0.2) is 73.1 Å². The number of nitrogens with zero attached hydrogens (tertiary/aromatic N) is 6. The number of pyridine rings is 2. The molecule has 1 amide bonds. The number of hydrogen-bond donors (Lipinski definition) is 2. The highest BCUT2D eigenvalue weighted by molar-refractivity contribution is 5.93. The van der Waals surface area contributed by atoms with Gasteiger partial charge in [-0.2, -0.15) is 0 Å². The van der Waals surface area contributed by atoms with Crippen LogP contribution in [0.1, 0.15) is 54.2 Å². The minimum Gasteiger partial charge on any atom is -0.348 e. The summed E-state index contributed by atoms with van der Waals surface area (Å²) in [5, 5.41) is 6.40. The average molecular weight is 719 g/mol. The Kier molecular flexibility index (Phi) is 9.67. The van der Waals surface area contributed by atoms with Gasteiger partial charge in [0.05, 0.1) is 17.3 Å². The number of carbonyl (C=O) groups excluding carboxylic acids is 1. The highest BCUT2D eigenvalue weighted by atomic mass is 19.1. The normalized spacial score (nSPS) is 18.1. The average Bonchev–Trinajstić information content (AvgIpc) is 3.60. The van der Waals surface area contributed by atoms with Crippen LogP contribution in [0, 0.1) is 11.6 Å². The molecule has 11 nitrogen and oxygen atoms in total. The van der Waals surface area contributed by atoms with Gasteiger partial charge in [0.1, 0.15) is 23.0 Å². The maximum Gasteiger partial charge on any atom is 0.337 e. The molecule has 2 N–H and O–H groups in total. The van der Waals surface area contributed by atoms with E-state index in [-0.39, 0.29) is 28.7 Å². The Morgan fingerprint density at radius 1 is 0.887 bits per heavy atom. The highest BCUT2D eigenvalue weighted by Crippen LogP contribution is 2.29. The topological polar surface area (TPSA) is 119 Å². The first-order valence-electron chi connectivity index (χ1n) is 18.2. The summed E-state index contributed by atoms with van der Waals surface area (Å²) < 4.78 is 32.3. The van der Waals surface area contributed by atoms with E-state index in [0.29, 0.717) is 37.0 Å². The molecule has 53 heavy (non-hydrogen) atoms. The van der Waals surface area contributed by atoms with Gasteiger partial charge in [-0.3, -0.25) is 14.2 Å². The summed E-state index contributed by atoms with van der Waals surface area (Å²) in [6.45, 7) is 5.36. The van der Waals surface area contributed by atoms with Crippen molar-refractivity contribution in [3.8, 4) is 16.8 Å². The number of imidazole rings is 1. The number of piperazine rings is 1. The van der Waals surface area contributed by atoms with Crippen LogP contribution < -0.4 is 21.9 Å². The minimum absolute atomic E-state index is 0.0129. The number of rotatable bonds is 9. The second-order valence-electron chi connectivity index (χ2n) is 14.0. The van der Waals surface area contributed by atoms with Gasteiger partial charge in [-0.25, -0.2) is 28.1 Å². The lowest BCUT2D eigenvalue weighted by atomic mass is 9.90. The summed E-state index contributed by atoms with van der Waals surface area (Å²) in [4.78, 5) is 52.2. The Balaban J connectivity index is 1.02. The molecule has 2 aromatic carbocycles. The largest absolute Gasteiger partial charge is 0.348 e. The number of benzene rings is 2. The fourth-order valence-corrected chi connectivity index (χ4v) is 7.68. The van der Waals surface area contributed by atoms with Crippen molar-refractivity contribution in [2.45, 2.75) is 50.6 Å². The van der Waals surface area contributed by atoms with Crippen molar-refractivity contribution in [2.75, 3.05) is 32.7 Å². The van der Waals surface area contributed by atoms with Crippen molar-refractivity contribution in [2.24, 2.45) is 0 Å². The molecular formula is C40H40F2N8O3. The lowest BCUT2D eigenvalue weighted by Crippen LogP contribution is -2.45. The van der Waals surface area contributed by atoms with Crippen LogP contribution >= 0.6 is 0 Å². The van der Waals surface area contributed by atoms with Crippen LogP contribution in [0.15, 0.2) is 94.9 Å². The molecule has 4 aromatic heterocycles. The van der Waals surface area contributed by atoms with Crippen LogP contribution in [0.2, 0.25) is 0 Å². The molecule has 1 aliphatic carbocycles. The van der Waals surface area contributed by atoms with Crippen molar-refractivity contribution in [1.82, 2.24) is 39.0 Å². The number of hydrogen-bond acceptors (Lipinski definition) is 7. The van der Waals surface area contributed by atoms with Gasteiger partial charge < -0.3 is 19.9 Å². The molecule has 6 aromatic rings. The number of aromatic nitrogens is 5. The van der Waals surface area contributed by atoms with Crippen molar-refractivity contribution < 1.29 is 13.6 Å². The maximum absolute atomic E-state index is 14.5. The Morgan fingerprint density at radius 3 is 2.47 bits per heavy atom. The molecule has 8 rings (SSSR count). The van der Waals surface area contributed by atoms with Crippen molar-refractivity contribution in [3.63, 3.8) is 0 Å². The van der Waals surface area contributed by atoms with Gasteiger partial charge in [0.2, 0.25) is 0 Å².